The smallest absolute Gasteiger partial charge is 0.373 e. The van der Waals surface area contributed by atoms with Gasteiger partial charge in [-0.2, -0.15) is 0 Å². The molecule has 0 aliphatic rings. The van der Waals surface area contributed by atoms with Gasteiger partial charge >= 0.3 is 11.7 Å². The monoisotopic (exact) mass is 478 g/mol. The molecule has 0 aliphatic carbocycles. The lowest BCUT2D eigenvalue weighted by Gasteiger charge is -2.14. The molecule has 0 saturated heterocycles. The Labute approximate surface area is 202 Å². The van der Waals surface area contributed by atoms with E-state index in [0.717, 1.165) is 5.56 Å². The molecule has 0 fully saturated rings. The number of furan rings is 1. The molecule has 0 spiro atoms. The predicted octanol–water partition coefficient (Wildman–Crippen LogP) is 3.95. The number of rotatable bonds is 8. The van der Waals surface area contributed by atoms with Gasteiger partial charge < -0.3 is 13.7 Å². The molecule has 9 heteroatoms. The minimum atomic E-state index is -0.582. The normalized spacial score (nSPS) is 11.6. The van der Waals surface area contributed by atoms with Crippen molar-refractivity contribution < 1.29 is 13.9 Å². The zero-order chi connectivity index (χ0) is 25.3. The molecule has 0 saturated carbocycles. The van der Waals surface area contributed by atoms with Crippen molar-refractivity contribution in [2.75, 3.05) is 7.11 Å². The summed E-state index contributed by atoms with van der Waals surface area (Å²) in [6.45, 7) is 8.77. The summed E-state index contributed by atoms with van der Waals surface area (Å²) in [6.07, 6.45) is 2.19. The van der Waals surface area contributed by atoms with E-state index in [9.17, 15) is 14.4 Å². The first-order valence-corrected chi connectivity index (χ1v) is 11.7. The number of nitrogens with zero attached hydrogens (tertiary/aromatic N) is 4. The van der Waals surface area contributed by atoms with E-state index in [4.69, 9.17) is 9.15 Å². The molecule has 0 N–H and O–H groups in total. The lowest BCUT2D eigenvalue weighted by Crippen LogP contribution is -2.40. The second-order valence-electron chi connectivity index (χ2n) is 9.31. The molecule has 184 valence electrons. The van der Waals surface area contributed by atoms with E-state index in [1.807, 2.05) is 38.1 Å². The Morgan fingerprint density at radius 3 is 2.40 bits per heavy atom. The molecule has 4 rings (SSSR count). The van der Waals surface area contributed by atoms with Crippen LogP contribution in [0.3, 0.4) is 0 Å². The number of ether oxygens (including phenoxy) is 1. The van der Waals surface area contributed by atoms with Crippen LogP contribution in [0.15, 0.2) is 56.7 Å². The number of carbonyl (C=O) groups excluding carboxylic acids is 1. The molecular formula is C26H30N4O5. The van der Waals surface area contributed by atoms with Gasteiger partial charge in [-0.05, 0) is 48.1 Å². The Hall–Kier alpha value is -3.88. The van der Waals surface area contributed by atoms with E-state index >= 15 is 0 Å². The number of hydrogen-bond donors (Lipinski definition) is 0. The van der Waals surface area contributed by atoms with Crippen molar-refractivity contribution in [2.24, 2.45) is 5.92 Å². The van der Waals surface area contributed by atoms with E-state index < -0.39 is 17.2 Å². The molecule has 0 radical (unpaired) electrons. The van der Waals surface area contributed by atoms with Crippen LogP contribution < -0.4 is 11.2 Å². The summed E-state index contributed by atoms with van der Waals surface area (Å²) in [5.74, 6) is 0.616. The summed E-state index contributed by atoms with van der Waals surface area (Å²) in [7, 11) is 1.28. The molecule has 0 bridgehead atoms. The zero-order valence-electron chi connectivity index (χ0n) is 20.6. The van der Waals surface area contributed by atoms with Crippen molar-refractivity contribution >= 4 is 17.1 Å². The third-order valence-electron chi connectivity index (χ3n) is 6.02. The molecule has 4 aromatic rings. The van der Waals surface area contributed by atoms with Gasteiger partial charge in [-0.1, -0.05) is 39.8 Å². The van der Waals surface area contributed by atoms with Crippen LogP contribution in [0.5, 0.6) is 0 Å². The molecular weight excluding hydrogens is 448 g/mol. The van der Waals surface area contributed by atoms with E-state index in [2.05, 4.69) is 18.8 Å². The van der Waals surface area contributed by atoms with Gasteiger partial charge in [-0.25, -0.2) is 19.1 Å². The van der Waals surface area contributed by atoms with Crippen molar-refractivity contribution in [1.82, 2.24) is 18.7 Å². The number of aromatic nitrogens is 4. The quantitative estimate of drug-likeness (QED) is 0.356. The van der Waals surface area contributed by atoms with Crippen molar-refractivity contribution in [3.63, 3.8) is 0 Å². The average molecular weight is 479 g/mol. The Morgan fingerprint density at radius 1 is 1.06 bits per heavy atom. The second kappa shape index (κ2) is 9.77. The molecule has 35 heavy (non-hydrogen) atoms. The van der Waals surface area contributed by atoms with Gasteiger partial charge in [0, 0.05) is 6.54 Å². The molecule has 0 aliphatic heterocycles. The van der Waals surface area contributed by atoms with E-state index in [1.54, 1.807) is 10.6 Å². The third kappa shape index (κ3) is 4.71. The molecule has 9 nitrogen and oxygen atoms in total. The summed E-state index contributed by atoms with van der Waals surface area (Å²) >= 11 is 0. The fourth-order valence-corrected chi connectivity index (χ4v) is 3.97. The fraction of sp³-hybridized carbons (Fsp3) is 0.385. The van der Waals surface area contributed by atoms with Gasteiger partial charge in [0.05, 0.1) is 25.7 Å². The zero-order valence-corrected chi connectivity index (χ0v) is 20.6. The van der Waals surface area contributed by atoms with Crippen molar-refractivity contribution in [2.45, 2.75) is 53.1 Å². The van der Waals surface area contributed by atoms with Gasteiger partial charge in [0.25, 0.3) is 5.56 Å². The number of benzene rings is 1. The summed E-state index contributed by atoms with van der Waals surface area (Å²) in [5, 5.41) is 0. The third-order valence-corrected chi connectivity index (χ3v) is 6.02. The molecule has 1 aromatic carbocycles. The summed E-state index contributed by atoms with van der Waals surface area (Å²) in [4.78, 5) is 43.2. The molecule has 3 heterocycles. The van der Waals surface area contributed by atoms with Crippen LogP contribution in [0.4, 0.5) is 0 Å². The topological polar surface area (TPSA) is 101 Å². The minimum absolute atomic E-state index is 0.0726. The fourth-order valence-electron chi connectivity index (χ4n) is 3.97. The van der Waals surface area contributed by atoms with Crippen LogP contribution >= 0.6 is 0 Å². The highest BCUT2D eigenvalue weighted by atomic mass is 16.5. The predicted molar refractivity (Wildman–Crippen MR) is 132 cm³/mol. The lowest BCUT2D eigenvalue weighted by molar-refractivity contribution is 0.0563. The standard InChI is InChI=1S/C26H30N4O5/c1-16(2)12-13-29-24(31)22-23(30(26(29)33)19-8-6-18(7-9-19)17(3)4)27-15-28(22)14-20-10-11-21(35-20)25(32)34-5/h6-11,15-17H,12-14H2,1-5H3. The SMILES string of the molecule is COC(=O)c1ccc(Cn2cnc3c2c(=O)n(CCC(C)C)c(=O)n3-c2ccc(C(C)C)cc2)o1. The molecule has 0 atom stereocenters. The van der Waals surface area contributed by atoms with Gasteiger partial charge in [0.2, 0.25) is 5.76 Å². The number of fused-ring (bicyclic) bond motifs is 1. The maximum Gasteiger partial charge on any atom is 0.373 e. The number of imidazole rings is 1. The van der Waals surface area contributed by atoms with Gasteiger partial charge in [-0.15, -0.1) is 0 Å². The maximum absolute atomic E-state index is 13.5. The first kappa shape index (κ1) is 24.3. The van der Waals surface area contributed by atoms with Crippen molar-refractivity contribution in [1.29, 1.82) is 0 Å². The maximum atomic E-state index is 13.5. The van der Waals surface area contributed by atoms with Crippen molar-refractivity contribution in [3.8, 4) is 5.69 Å². The molecule has 0 amide bonds. The Morgan fingerprint density at radius 2 is 1.77 bits per heavy atom. The van der Waals surface area contributed by atoms with Crippen molar-refractivity contribution in [3.05, 3.63) is 80.6 Å². The number of esters is 1. The molecule has 0 unspecified atom stereocenters. The Bertz CT molecular complexity index is 1470. The van der Waals surface area contributed by atoms with Crippen LogP contribution in [0.1, 0.15) is 61.9 Å². The highest BCUT2D eigenvalue weighted by Crippen LogP contribution is 2.19. The van der Waals surface area contributed by atoms with E-state index in [1.165, 1.54) is 28.6 Å². The number of hydrogen-bond acceptors (Lipinski definition) is 6. The van der Waals surface area contributed by atoms with Crippen LogP contribution in [0.25, 0.3) is 16.9 Å². The summed E-state index contributed by atoms with van der Waals surface area (Å²) < 4.78 is 14.7. The van der Waals surface area contributed by atoms with E-state index in [-0.39, 0.29) is 23.5 Å². The highest BCUT2D eigenvalue weighted by Gasteiger charge is 2.21. The van der Waals surface area contributed by atoms with Gasteiger partial charge in [0.1, 0.15) is 5.76 Å². The number of methoxy groups -OCH3 is 1. The van der Waals surface area contributed by atoms with E-state index in [0.29, 0.717) is 36.2 Å². The first-order valence-electron chi connectivity index (χ1n) is 11.7. The number of carbonyl (C=O) groups is 1. The van der Waals surface area contributed by atoms with Gasteiger partial charge in [0.15, 0.2) is 11.2 Å². The molecule has 3 aromatic heterocycles. The summed E-state index contributed by atoms with van der Waals surface area (Å²) in [6, 6.07) is 10.9. The Kier molecular flexibility index (Phi) is 6.77. The average Bonchev–Trinajstić information content (AvgIpc) is 3.46. The van der Waals surface area contributed by atoms with Crippen LogP contribution in [0, 0.1) is 5.92 Å². The summed E-state index contributed by atoms with van der Waals surface area (Å²) in [5.41, 5.74) is 1.53. The van der Waals surface area contributed by atoms with Crippen LogP contribution in [-0.2, 0) is 17.8 Å². The van der Waals surface area contributed by atoms with Crippen LogP contribution in [-0.4, -0.2) is 31.8 Å². The first-order chi connectivity index (χ1) is 16.7. The van der Waals surface area contributed by atoms with Crippen LogP contribution in [0.2, 0.25) is 0 Å². The Balaban J connectivity index is 1.88. The minimum Gasteiger partial charge on any atom is -0.463 e. The largest absolute Gasteiger partial charge is 0.463 e. The lowest BCUT2D eigenvalue weighted by atomic mass is 10.0. The highest BCUT2D eigenvalue weighted by molar-refractivity contribution is 5.86. The second-order valence-corrected chi connectivity index (χ2v) is 9.31. The van der Waals surface area contributed by atoms with Gasteiger partial charge in [-0.3, -0.25) is 9.36 Å².